The average Bonchev–Trinajstić information content (AvgIpc) is 2.95. The molecule has 0 saturated carbocycles. The summed E-state index contributed by atoms with van der Waals surface area (Å²) in [6, 6.07) is 5.10. The molecule has 0 spiro atoms. The molecule has 7 nitrogen and oxygen atoms in total. The minimum atomic E-state index is -0.481. The van der Waals surface area contributed by atoms with E-state index in [-0.39, 0.29) is 17.9 Å². The topological polar surface area (TPSA) is 73.7 Å². The van der Waals surface area contributed by atoms with Crippen LogP contribution in [0.15, 0.2) is 35.4 Å². The Balaban J connectivity index is 1.91. The van der Waals surface area contributed by atoms with Crippen molar-refractivity contribution in [1.29, 1.82) is 0 Å². The number of carbonyl (C=O) groups is 1. The van der Waals surface area contributed by atoms with Crippen LogP contribution >= 0.6 is 0 Å². The number of hydrogen-bond acceptors (Lipinski definition) is 6. The summed E-state index contributed by atoms with van der Waals surface area (Å²) in [5.41, 5.74) is 1.75. The number of hydrogen-bond donors (Lipinski definition) is 0. The van der Waals surface area contributed by atoms with Crippen LogP contribution in [0, 0.1) is 5.92 Å². The largest absolute Gasteiger partial charge is 0.488 e. The fraction of sp³-hybridized carbons (Fsp3) is 0.500. The predicted molar refractivity (Wildman–Crippen MR) is 110 cm³/mol. The van der Waals surface area contributed by atoms with Gasteiger partial charge in [-0.15, -0.1) is 0 Å². The van der Waals surface area contributed by atoms with Crippen LogP contribution in [0.5, 0.6) is 5.75 Å². The van der Waals surface area contributed by atoms with Gasteiger partial charge in [-0.05, 0) is 12.0 Å². The van der Waals surface area contributed by atoms with Crippen molar-refractivity contribution >= 4 is 5.97 Å². The zero-order chi connectivity index (χ0) is 20.8. The number of ether oxygens (including phenoxy) is 2. The van der Waals surface area contributed by atoms with Gasteiger partial charge in [0.1, 0.15) is 17.9 Å². The van der Waals surface area contributed by atoms with Crippen LogP contribution in [-0.2, 0) is 24.3 Å². The summed E-state index contributed by atoms with van der Waals surface area (Å²) in [6.45, 7) is 7.75. The Morgan fingerprint density at radius 1 is 1.31 bits per heavy atom. The van der Waals surface area contributed by atoms with Gasteiger partial charge < -0.3 is 18.9 Å². The summed E-state index contributed by atoms with van der Waals surface area (Å²) in [5.74, 6) is 0.379. The molecule has 0 N–H and O–H groups in total. The number of nitrogens with zero attached hydrogens (tertiary/aromatic N) is 3. The van der Waals surface area contributed by atoms with Crippen molar-refractivity contribution in [3.8, 4) is 5.75 Å². The third-order valence-corrected chi connectivity index (χ3v) is 5.46. The van der Waals surface area contributed by atoms with E-state index < -0.39 is 5.97 Å². The summed E-state index contributed by atoms with van der Waals surface area (Å²) >= 11 is 0. The second-order valence-corrected chi connectivity index (χ2v) is 7.53. The fourth-order valence-electron chi connectivity index (χ4n) is 3.63. The van der Waals surface area contributed by atoms with Gasteiger partial charge in [-0.3, -0.25) is 9.78 Å². The van der Waals surface area contributed by atoms with Gasteiger partial charge in [0.2, 0.25) is 0 Å². The number of rotatable bonds is 7. The maximum atomic E-state index is 12.8. The Morgan fingerprint density at radius 3 is 2.83 bits per heavy atom. The Morgan fingerprint density at radius 2 is 2.14 bits per heavy atom. The Bertz CT molecular complexity index is 895. The van der Waals surface area contributed by atoms with Crippen LogP contribution < -0.4 is 10.3 Å². The lowest BCUT2D eigenvalue weighted by molar-refractivity contribution is 0.0592. The van der Waals surface area contributed by atoms with Crippen LogP contribution in [0.1, 0.15) is 41.9 Å². The van der Waals surface area contributed by atoms with E-state index in [0.717, 1.165) is 31.6 Å². The molecule has 0 unspecified atom stereocenters. The molecule has 0 saturated heterocycles. The van der Waals surface area contributed by atoms with Crippen molar-refractivity contribution in [2.45, 2.75) is 39.8 Å². The van der Waals surface area contributed by atoms with E-state index in [1.807, 2.05) is 12.1 Å². The van der Waals surface area contributed by atoms with Crippen LogP contribution in [-0.4, -0.2) is 47.2 Å². The third kappa shape index (κ3) is 5.03. The lowest BCUT2D eigenvalue weighted by atomic mass is 10.1. The molecule has 1 atom stereocenters. The van der Waals surface area contributed by atoms with Gasteiger partial charge in [-0.2, -0.15) is 0 Å². The average molecular weight is 399 g/mol. The molecule has 0 bridgehead atoms. The molecule has 3 heterocycles. The number of fused-ring (bicyclic) bond motifs is 1. The van der Waals surface area contributed by atoms with Crippen molar-refractivity contribution in [3.63, 3.8) is 0 Å². The maximum absolute atomic E-state index is 12.8. The first kappa shape index (κ1) is 21.0. The highest BCUT2D eigenvalue weighted by Gasteiger charge is 2.26. The molecule has 1 aliphatic rings. The molecular formula is C22H29N3O4. The summed E-state index contributed by atoms with van der Waals surface area (Å²) in [7, 11) is 1.35. The standard InChI is InChI=1S/C22H29N3O4/c1-4-16(2)14-24-9-7-18-21(22(27)28-3)19(12-20(26)25(18)11-10-24)29-15-17-6-5-8-23-13-17/h5-6,8,12-13,16H,4,7,9-11,14-15H2,1-3H3/t16-/m0/s1. The summed E-state index contributed by atoms with van der Waals surface area (Å²) < 4.78 is 12.6. The first-order chi connectivity index (χ1) is 14.0. The van der Waals surface area contributed by atoms with Gasteiger partial charge in [-0.1, -0.05) is 26.3 Å². The number of methoxy groups -OCH3 is 1. The normalized spacial score (nSPS) is 15.3. The van der Waals surface area contributed by atoms with Crippen molar-refractivity contribution in [2.24, 2.45) is 5.92 Å². The monoisotopic (exact) mass is 399 g/mol. The summed E-state index contributed by atoms with van der Waals surface area (Å²) in [4.78, 5) is 31.8. The van der Waals surface area contributed by atoms with E-state index in [1.54, 1.807) is 17.0 Å². The minimum absolute atomic E-state index is 0.153. The molecule has 7 heteroatoms. The molecule has 0 aliphatic carbocycles. The molecule has 1 aliphatic heterocycles. The van der Waals surface area contributed by atoms with E-state index in [1.165, 1.54) is 13.2 Å². The highest BCUT2D eigenvalue weighted by atomic mass is 16.5. The highest BCUT2D eigenvalue weighted by molar-refractivity contribution is 5.93. The molecule has 0 fully saturated rings. The number of esters is 1. The van der Waals surface area contributed by atoms with Gasteiger partial charge in [0.25, 0.3) is 5.56 Å². The maximum Gasteiger partial charge on any atom is 0.343 e. The van der Waals surface area contributed by atoms with E-state index in [2.05, 4.69) is 23.7 Å². The van der Waals surface area contributed by atoms with Gasteiger partial charge in [0, 0.05) is 62.3 Å². The number of carbonyl (C=O) groups excluding carboxylic acids is 1. The number of pyridine rings is 2. The second-order valence-electron chi connectivity index (χ2n) is 7.53. The Kier molecular flexibility index (Phi) is 7.04. The van der Waals surface area contributed by atoms with Crippen LogP contribution in [0.3, 0.4) is 0 Å². The molecular weight excluding hydrogens is 370 g/mol. The first-order valence-electron chi connectivity index (χ1n) is 10.1. The quantitative estimate of drug-likeness (QED) is 0.666. The van der Waals surface area contributed by atoms with Crippen molar-refractivity contribution in [1.82, 2.24) is 14.5 Å². The lowest BCUT2D eigenvalue weighted by Crippen LogP contribution is -2.32. The second kappa shape index (κ2) is 9.69. The predicted octanol–water partition coefficient (Wildman–Crippen LogP) is 2.51. The summed E-state index contributed by atoms with van der Waals surface area (Å²) in [5, 5.41) is 0. The molecule has 2 aromatic heterocycles. The third-order valence-electron chi connectivity index (χ3n) is 5.46. The smallest absolute Gasteiger partial charge is 0.343 e. The van der Waals surface area contributed by atoms with Gasteiger partial charge in [0.05, 0.1) is 7.11 Å². The zero-order valence-corrected chi connectivity index (χ0v) is 17.4. The SMILES string of the molecule is CC[C@H](C)CN1CCc2c(C(=O)OC)c(OCc3cccnc3)cc(=O)n2CC1. The first-order valence-corrected chi connectivity index (χ1v) is 10.1. The Labute approximate surface area is 171 Å². The van der Waals surface area contributed by atoms with Gasteiger partial charge in [-0.25, -0.2) is 4.79 Å². The van der Waals surface area contributed by atoms with Crippen LogP contribution in [0.2, 0.25) is 0 Å². The summed E-state index contributed by atoms with van der Waals surface area (Å²) in [6.07, 6.45) is 5.09. The van der Waals surface area contributed by atoms with E-state index in [0.29, 0.717) is 30.1 Å². The lowest BCUT2D eigenvalue weighted by Gasteiger charge is -2.22. The zero-order valence-electron chi connectivity index (χ0n) is 17.4. The Hall–Kier alpha value is -2.67. The minimum Gasteiger partial charge on any atom is -0.488 e. The molecule has 3 rings (SSSR count). The fourth-order valence-corrected chi connectivity index (χ4v) is 3.63. The molecule has 0 amide bonds. The molecule has 0 radical (unpaired) electrons. The van der Waals surface area contributed by atoms with E-state index >= 15 is 0 Å². The molecule has 156 valence electrons. The van der Waals surface area contributed by atoms with Gasteiger partial charge >= 0.3 is 5.97 Å². The van der Waals surface area contributed by atoms with Crippen molar-refractivity contribution in [2.75, 3.05) is 26.7 Å². The number of aromatic nitrogens is 2. The van der Waals surface area contributed by atoms with E-state index in [9.17, 15) is 9.59 Å². The van der Waals surface area contributed by atoms with E-state index in [4.69, 9.17) is 9.47 Å². The van der Waals surface area contributed by atoms with Crippen molar-refractivity contribution in [3.05, 3.63) is 57.8 Å². The van der Waals surface area contributed by atoms with Gasteiger partial charge in [0.15, 0.2) is 0 Å². The highest BCUT2D eigenvalue weighted by Crippen LogP contribution is 2.25. The van der Waals surface area contributed by atoms with Crippen LogP contribution in [0.4, 0.5) is 0 Å². The molecule has 29 heavy (non-hydrogen) atoms. The van der Waals surface area contributed by atoms with Crippen molar-refractivity contribution < 1.29 is 14.3 Å². The molecule has 0 aromatic carbocycles. The van der Waals surface area contributed by atoms with Crippen LogP contribution in [0.25, 0.3) is 0 Å². The molecule has 2 aromatic rings.